The number of ketones is 1. The lowest BCUT2D eigenvalue weighted by Gasteiger charge is -2.43. The molecule has 0 bridgehead atoms. The van der Waals surface area contributed by atoms with Gasteiger partial charge in [-0.2, -0.15) is 5.26 Å². The zero-order chi connectivity index (χ0) is 22.5. The van der Waals surface area contributed by atoms with Crippen LogP contribution in [0.25, 0.3) is 0 Å². The highest BCUT2D eigenvalue weighted by atomic mass is 35.5. The standard InChI is InChI=1S/C22H19ClN4O3S/c1-22(2)9-15-20(16(28)10-22)19(17-7-8-18(31-17)27(29)30)14(11-24)21(25)26(15)13-5-3-12(23)4-6-13/h3-8,19H,9-10,25H2,1-2H3/t19-/m1/s1. The van der Waals surface area contributed by atoms with Crippen molar-refractivity contribution < 1.29 is 9.72 Å². The number of carbonyl (C=O) groups excluding carboxylic acids is 1. The van der Waals surface area contributed by atoms with Crippen LogP contribution in [0.2, 0.25) is 5.02 Å². The molecule has 7 nitrogen and oxygen atoms in total. The summed E-state index contributed by atoms with van der Waals surface area (Å²) >= 11 is 7.01. The summed E-state index contributed by atoms with van der Waals surface area (Å²) in [4.78, 5) is 26.4. The maximum atomic E-state index is 13.4. The molecule has 0 unspecified atom stereocenters. The van der Waals surface area contributed by atoms with Gasteiger partial charge in [-0.1, -0.05) is 36.8 Å². The Bertz CT molecular complexity index is 1200. The van der Waals surface area contributed by atoms with Crippen LogP contribution in [0.3, 0.4) is 0 Å². The minimum atomic E-state index is -0.717. The van der Waals surface area contributed by atoms with E-state index in [-0.39, 0.29) is 27.6 Å². The van der Waals surface area contributed by atoms with Crippen molar-refractivity contribution in [1.29, 1.82) is 5.26 Å². The fourth-order valence-corrected chi connectivity index (χ4v) is 5.34. The summed E-state index contributed by atoms with van der Waals surface area (Å²) < 4.78 is 0. The van der Waals surface area contributed by atoms with Gasteiger partial charge >= 0.3 is 5.00 Å². The number of rotatable bonds is 3. The summed E-state index contributed by atoms with van der Waals surface area (Å²) in [6.07, 6.45) is 0.892. The monoisotopic (exact) mass is 454 g/mol. The maximum Gasteiger partial charge on any atom is 0.324 e. The molecule has 0 saturated heterocycles. The van der Waals surface area contributed by atoms with E-state index in [1.54, 1.807) is 35.2 Å². The number of nitriles is 1. The molecule has 2 aromatic rings. The van der Waals surface area contributed by atoms with Gasteiger partial charge in [-0.15, -0.1) is 0 Å². The smallest absolute Gasteiger partial charge is 0.324 e. The van der Waals surface area contributed by atoms with Gasteiger partial charge in [0.05, 0.1) is 22.5 Å². The first kappa shape index (κ1) is 21.1. The number of benzene rings is 1. The molecular weight excluding hydrogens is 436 g/mol. The highest BCUT2D eigenvalue weighted by Gasteiger charge is 2.45. The Labute approximate surface area is 188 Å². The van der Waals surface area contributed by atoms with E-state index in [9.17, 15) is 20.2 Å². The molecule has 2 N–H and O–H groups in total. The third kappa shape index (κ3) is 3.60. The van der Waals surface area contributed by atoms with E-state index < -0.39 is 10.8 Å². The number of nitrogens with two attached hydrogens (primary N) is 1. The molecule has 9 heteroatoms. The summed E-state index contributed by atoms with van der Waals surface area (Å²) in [5.74, 6) is -0.576. The number of nitro groups is 1. The molecule has 0 spiro atoms. The quantitative estimate of drug-likeness (QED) is 0.500. The van der Waals surface area contributed by atoms with Crippen molar-refractivity contribution >= 4 is 39.4 Å². The second-order valence-corrected chi connectivity index (χ2v) is 9.92. The number of hydrogen-bond acceptors (Lipinski definition) is 7. The summed E-state index contributed by atoms with van der Waals surface area (Å²) in [5.41, 5.74) is 8.33. The third-order valence-electron chi connectivity index (χ3n) is 5.54. The topological polar surface area (TPSA) is 113 Å². The fraction of sp³-hybridized carbons (Fsp3) is 0.273. The van der Waals surface area contributed by atoms with Crippen LogP contribution >= 0.6 is 22.9 Å². The minimum absolute atomic E-state index is 0.0447. The molecule has 1 aliphatic heterocycles. The Morgan fingerprint density at radius 3 is 2.52 bits per heavy atom. The van der Waals surface area contributed by atoms with E-state index in [1.807, 2.05) is 13.8 Å². The largest absolute Gasteiger partial charge is 0.384 e. The van der Waals surface area contributed by atoms with Crippen molar-refractivity contribution in [3.8, 4) is 6.07 Å². The molecule has 0 radical (unpaired) electrons. The highest BCUT2D eigenvalue weighted by molar-refractivity contribution is 7.15. The molecule has 2 aliphatic rings. The molecule has 4 rings (SSSR count). The molecule has 158 valence electrons. The first-order chi connectivity index (χ1) is 14.6. The van der Waals surface area contributed by atoms with E-state index in [0.29, 0.717) is 34.0 Å². The molecule has 1 aliphatic carbocycles. The average molecular weight is 455 g/mol. The normalized spacial score (nSPS) is 20.5. The van der Waals surface area contributed by atoms with Crippen LogP contribution in [0.15, 0.2) is 59.1 Å². The Hall–Kier alpha value is -3.15. The molecule has 0 saturated carbocycles. The van der Waals surface area contributed by atoms with Crippen molar-refractivity contribution in [2.45, 2.75) is 32.6 Å². The number of hydrogen-bond donors (Lipinski definition) is 1. The zero-order valence-corrected chi connectivity index (χ0v) is 18.5. The van der Waals surface area contributed by atoms with Gasteiger partial charge in [-0.3, -0.25) is 19.8 Å². The number of halogens is 1. The van der Waals surface area contributed by atoms with Gasteiger partial charge in [0.25, 0.3) is 0 Å². The van der Waals surface area contributed by atoms with E-state index in [0.717, 1.165) is 17.0 Å². The molecule has 1 aromatic carbocycles. The first-order valence-electron chi connectivity index (χ1n) is 9.59. The number of allylic oxidation sites excluding steroid dienone is 3. The van der Waals surface area contributed by atoms with Crippen molar-refractivity contribution in [1.82, 2.24) is 0 Å². The van der Waals surface area contributed by atoms with Gasteiger partial charge in [0.2, 0.25) is 0 Å². The van der Waals surface area contributed by atoms with E-state index in [4.69, 9.17) is 17.3 Å². The van der Waals surface area contributed by atoms with Crippen LogP contribution in [-0.2, 0) is 4.79 Å². The van der Waals surface area contributed by atoms with Crippen LogP contribution in [0.4, 0.5) is 10.7 Å². The summed E-state index contributed by atoms with van der Waals surface area (Å²) in [6, 6.07) is 12.2. The first-order valence-corrected chi connectivity index (χ1v) is 10.8. The molecule has 1 aromatic heterocycles. The van der Waals surface area contributed by atoms with Crippen molar-refractivity contribution in [2.75, 3.05) is 4.90 Å². The van der Waals surface area contributed by atoms with Crippen molar-refractivity contribution in [3.63, 3.8) is 0 Å². The zero-order valence-electron chi connectivity index (χ0n) is 16.9. The van der Waals surface area contributed by atoms with E-state index in [1.165, 1.54) is 6.07 Å². The van der Waals surface area contributed by atoms with Crippen molar-refractivity contribution in [2.24, 2.45) is 11.1 Å². The van der Waals surface area contributed by atoms with Gasteiger partial charge < -0.3 is 5.73 Å². The second kappa shape index (κ2) is 7.52. The van der Waals surface area contributed by atoms with Crippen LogP contribution < -0.4 is 10.6 Å². The number of anilines is 1. The lowest BCUT2D eigenvalue weighted by Crippen LogP contribution is -2.42. The van der Waals surface area contributed by atoms with Gasteiger partial charge in [-0.05, 0) is 42.2 Å². The van der Waals surface area contributed by atoms with Gasteiger partial charge in [0.1, 0.15) is 5.82 Å². The predicted molar refractivity (Wildman–Crippen MR) is 120 cm³/mol. The predicted octanol–water partition coefficient (Wildman–Crippen LogP) is 5.25. The average Bonchev–Trinajstić information content (AvgIpc) is 3.17. The van der Waals surface area contributed by atoms with Gasteiger partial charge in [-0.25, -0.2) is 0 Å². The Morgan fingerprint density at radius 1 is 1.26 bits per heavy atom. The Balaban J connectivity index is 1.97. The fourth-order valence-electron chi connectivity index (χ4n) is 4.27. The Kier molecular flexibility index (Phi) is 5.12. The van der Waals surface area contributed by atoms with E-state index >= 15 is 0 Å². The maximum absolute atomic E-state index is 13.4. The summed E-state index contributed by atoms with van der Waals surface area (Å²) in [7, 11) is 0. The van der Waals surface area contributed by atoms with Gasteiger partial charge in [0, 0.05) is 39.3 Å². The molecule has 31 heavy (non-hydrogen) atoms. The molecule has 2 heterocycles. The van der Waals surface area contributed by atoms with Crippen LogP contribution in [0.1, 0.15) is 37.5 Å². The Morgan fingerprint density at radius 2 is 1.94 bits per heavy atom. The van der Waals surface area contributed by atoms with Gasteiger partial charge in [0.15, 0.2) is 5.78 Å². The lowest BCUT2D eigenvalue weighted by atomic mass is 9.69. The number of thiophene rings is 1. The SMILES string of the molecule is CC1(C)CC(=O)C2=C(C1)N(c1ccc(Cl)cc1)C(N)=C(C#N)[C@@H]2c1ccc([N+](=O)[O-])s1. The molecule has 1 atom stereocenters. The third-order valence-corrected chi connectivity index (χ3v) is 6.90. The number of Topliss-reactive ketones (excluding diaryl/α,β-unsaturated/α-hetero) is 1. The van der Waals surface area contributed by atoms with Crippen LogP contribution in [-0.4, -0.2) is 10.7 Å². The molecule has 0 fully saturated rings. The van der Waals surface area contributed by atoms with Crippen molar-refractivity contribution in [3.05, 3.63) is 79.1 Å². The summed E-state index contributed by atoms with van der Waals surface area (Å²) in [6.45, 7) is 4.03. The minimum Gasteiger partial charge on any atom is -0.384 e. The highest BCUT2D eigenvalue weighted by Crippen LogP contribution is 2.51. The van der Waals surface area contributed by atoms with Crippen LogP contribution in [0, 0.1) is 26.9 Å². The molecular formula is C22H19ClN4O3S. The van der Waals surface area contributed by atoms with Crippen LogP contribution in [0.5, 0.6) is 0 Å². The van der Waals surface area contributed by atoms with E-state index in [2.05, 4.69) is 6.07 Å². The summed E-state index contributed by atoms with van der Waals surface area (Å²) in [5, 5.41) is 21.7. The second-order valence-electron chi connectivity index (χ2n) is 8.39. The molecule has 0 amide bonds. The number of carbonyl (C=O) groups is 1. The lowest BCUT2D eigenvalue weighted by molar-refractivity contribution is -0.380. The number of nitrogens with zero attached hydrogens (tertiary/aromatic N) is 3.